The third-order valence-corrected chi connectivity index (χ3v) is 3.70. The molecule has 0 saturated heterocycles. The lowest BCUT2D eigenvalue weighted by molar-refractivity contribution is 0.0278. The van der Waals surface area contributed by atoms with E-state index in [1.165, 1.54) is 5.56 Å². The van der Waals surface area contributed by atoms with Gasteiger partial charge in [-0.2, -0.15) is 0 Å². The van der Waals surface area contributed by atoms with E-state index in [0.717, 1.165) is 5.56 Å². The largest absolute Gasteiger partial charge is 0.389 e. The van der Waals surface area contributed by atoms with Crippen LogP contribution in [0.2, 0.25) is 5.02 Å². The normalized spacial score (nSPS) is 13.8. The minimum absolute atomic E-state index is 0.201. The van der Waals surface area contributed by atoms with Crippen molar-refractivity contribution in [2.75, 3.05) is 13.2 Å². The Morgan fingerprint density at radius 3 is 2.45 bits per heavy atom. The summed E-state index contributed by atoms with van der Waals surface area (Å²) in [5, 5.41) is 14.0. The minimum Gasteiger partial charge on any atom is -0.389 e. The molecule has 0 aliphatic rings. The lowest BCUT2D eigenvalue weighted by Gasteiger charge is -2.17. The van der Waals surface area contributed by atoms with E-state index in [1.807, 2.05) is 42.5 Å². The van der Waals surface area contributed by atoms with Gasteiger partial charge in [-0.15, -0.1) is 0 Å². The van der Waals surface area contributed by atoms with Crippen LogP contribution in [-0.2, 0) is 11.3 Å². The molecule has 0 spiro atoms. The van der Waals surface area contributed by atoms with E-state index in [4.69, 9.17) is 16.3 Å². The van der Waals surface area contributed by atoms with Crippen LogP contribution in [0.3, 0.4) is 0 Å². The average molecular weight is 320 g/mol. The highest BCUT2D eigenvalue weighted by Crippen LogP contribution is 2.12. The Hall–Kier alpha value is -1.39. The van der Waals surface area contributed by atoms with Crippen molar-refractivity contribution in [1.29, 1.82) is 0 Å². The Morgan fingerprint density at radius 2 is 1.77 bits per heavy atom. The molecule has 2 aromatic carbocycles. The quantitative estimate of drug-likeness (QED) is 0.781. The third-order valence-electron chi connectivity index (χ3n) is 3.45. The molecule has 0 aliphatic carbocycles. The van der Waals surface area contributed by atoms with E-state index in [9.17, 15) is 5.11 Å². The number of hydrogen-bond acceptors (Lipinski definition) is 3. The van der Waals surface area contributed by atoms with Gasteiger partial charge in [0, 0.05) is 17.6 Å². The second-order valence-electron chi connectivity index (χ2n) is 5.34. The number of nitrogens with one attached hydrogen (secondary N) is 1. The molecule has 0 saturated carbocycles. The first-order valence-electron chi connectivity index (χ1n) is 7.43. The van der Waals surface area contributed by atoms with Crippen LogP contribution in [0.15, 0.2) is 54.6 Å². The van der Waals surface area contributed by atoms with Crippen molar-refractivity contribution in [1.82, 2.24) is 5.32 Å². The Labute approximate surface area is 136 Å². The molecule has 2 rings (SSSR count). The second-order valence-corrected chi connectivity index (χ2v) is 5.77. The molecule has 118 valence electrons. The number of ether oxygens (including phenoxy) is 1. The van der Waals surface area contributed by atoms with E-state index < -0.39 is 6.10 Å². The van der Waals surface area contributed by atoms with Crippen LogP contribution in [0.4, 0.5) is 0 Å². The molecule has 0 fully saturated rings. The number of aliphatic hydroxyl groups is 1. The molecule has 0 aliphatic heterocycles. The summed E-state index contributed by atoms with van der Waals surface area (Å²) in [4.78, 5) is 0. The molecule has 4 heteroatoms. The highest BCUT2D eigenvalue weighted by Gasteiger charge is 2.08. The predicted molar refractivity (Wildman–Crippen MR) is 90.0 cm³/mol. The summed E-state index contributed by atoms with van der Waals surface area (Å²) in [6, 6.07) is 17.9. The van der Waals surface area contributed by atoms with Gasteiger partial charge in [0.1, 0.15) is 0 Å². The summed E-state index contributed by atoms with van der Waals surface area (Å²) in [7, 11) is 0. The monoisotopic (exact) mass is 319 g/mol. The average Bonchev–Trinajstić information content (AvgIpc) is 2.55. The van der Waals surface area contributed by atoms with Crippen LogP contribution < -0.4 is 5.32 Å². The molecule has 0 bridgehead atoms. The molecule has 0 aromatic heterocycles. The Bertz CT molecular complexity index is 545. The van der Waals surface area contributed by atoms with Gasteiger partial charge in [0.15, 0.2) is 0 Å². The molecule has 0 heterocycles. The van der Waals surface area contributed by atoms with Gasteiger partial charge in [0.25, 0.3) is 0 Å². The first kappa shape index (κ1) is 17.0. The van der Waals surface area contributed by atoms with Gasteiger partial charge >= 0.3 is 0 Å². The summed E-state index contributed by atoms with van der Waals surface area (Å²) >= 11 is 5.83. The van der Waals surface area contributed by atoms with E-state index in [-0.39, 0.29) is 6.04 Å². The summed E-state index contributed by atoms with van der Waals surface area (Å²) in [6.07, 6.45) is -0.529. The number of hydrogen-bond donors (Lipinski definition) is 2. The van der Waals surface area contributed by atoms with E-state index >= 15 is 0 Å². The standard InChI is InChI=1S/C18H22ClNO2/c1-14(16-5-3-2-4-6-16)20-11-18(21)13-22-12-15-7-9-17(19)10-8-15/h2-10,14,18,20-21H,11-13H2,1H3/t14-,18-/m1/s1. The summed E-state index contributed by atoms with van der Waals surface area (Å²) < 4.78 is 5.53. The number of halogens is 1. The fourth-order valence-corrected chi connectivity index (χ4v) is 2.25. The molecule has 0 amide bonds. The van der Waals surface area contributed by atoms with Crippen LogP contribution in [-0.4, -0.2) is 24.4 Å². The maximum Gasteiger partial charge on any atom is 0.0898 e. The van der Waals surface area contributed by atoms with Gasteiger partial charge in [0.05, 0.1) is 19.3 Å². The van der Waals surface area contributed by atoms with Crippen molar-refractivity contribution in [2.45, 2.75) is 25.7 Å². The number of rotatable bonds is 8. The molecular formula is C18H22ClNO2. The van der Waals surface area contributed by atoms with Gasteiger partial charge in [-0.3, -0.25) is 0 Å². The zero-order valence-corrected chi connectivity index (χ0v) is 13.5. The van der Waals surface area contributed by atoms with Gasteiger partial charge in [-0.05, 0) is 30.2 Å². The van der Waals surface area contributed by atoms with Crippen LogP contribution in [0.5, 0.6) is 0 Å². The Balaban J connectivity index is 1.65. The molecular weight excluding hydrogens is 298 g/mol. The molecule has 22 heavy (non-hydrogen) atoms. The predicted octanol–water partition coefficient (Wildman–Crippen LogP) is 3.57. The van der Waals surface area contributed by atoms with Gasteiger partial charge in [-0.1, -0.05) is 54.1 Å². The molecule has 3 nitrogen and oxygen atoms in total. The molecule has 2 N–H and O–H groups in total. The van der Waals surface area contributed by atoms with Gasteiger partial charge in [-0.25, -0.2) is 0 Å². The van der Waals surface area contributed by atoms with E-state index in [0.29, 0.717) is 24.8 Å². The SMILES string of the molecule is C[C@@H](NC[C@@H](O)COCc1ccc(Cl)cc1)c1ccccc1. The van der Waals surface area contributed by atoms with E-state index in [1.54, 1.807) is 0 Å². The first-order valence-corrected chi connectivity index (χ1v) is 7.81. The molecule has 0 radical (unpaired) electrons. The highest BCUT2D eigenvalue weighted by atomic mass is 35.5. The first-order chi connectivity index (χ1) is 10.6. The molecule has 0 unspecified atom stereocenters. The smallest absolute Gasteiger partial charge is 0.0898 e. The van der Waals surface area contributed by atoms with Gasteiger partial charge in [0.2, 0.25) is 0 Å². The van der Waals surface area contributed by atoms with Gasteiger partial charge < -0.3 is 15.2 Å². The fraction of sp³-hybridized carbons (Fsp3) is 0.333. The van der Waals surface area contributed by atoms with Crippen LogP contribution in [0.1, 0.15) is 24.1 Å². The third kappa shape index (κ3) is 5.78. The Morgan fingerprint density at radius 1 is 1.09 bits per heavy atom. The zero-order chi connectivity index (χ0) is 15.8. The van der Waals surface area contributed by atoms with Crippen molar-refractivity contribution in [2.24, 2.45) is 0 Å². The van der Waals surface area contributed by atoms with Crippen molar-refractivity contribution in [3.63, 3.8) is 0 Å². The van der Waals surface area contributed by atoms with Crippen molar-refractivity contribution >= 4 is 11.6 Å². The number of benzene rings is 2. The fourth-order valence-electron chi connectivity index (χ4n) is 2.12. The lowest BCUT2D eigenvalue weighted by Crippen LogP contribution is -2.32. The van der Waals surface area contributed by atoms with E-state index in [2.05, 4.69) is 24.4 Å². The van der Waals surface area contributed by atoms with Crippen molar-refractivity contribution < 1.29 is 9.84 Å². The Kier molecular flexibility index (Phi) is 6.87. The number of aliphatic hydroxyl groups excluding tert-OH is 1. The molecule has 2 aromatic rings. The maximum absolute atomic E-state index is 9.96. The van der Waals surface area contributed by atoms with Crippen LogP contribution in [0.25, 0.3) is 0 Å². The summed E-state index contributed by atoms with van der Waals surface area (Å²) in [6.45, 7) is 3.35. The lowest BCUT2D eigenvalue weighted by atomic mass is 10.1. The maximum atomic E-state index is 9.96. The second kappa shape index (κ2) is 8.91. The minimum atomic E-state index is -0.529. The van der Waals surface area contributed by atoms with Crippen molar-refractivity contribution in [3.05, 3.63) is 70.7 Å². The highest BCUT2D eigenvalue weighted by molar-refractivity contribution is 6.30. The van der Waals surface area contributed by atoms with Crippen LogP contribution >= 0.6 is 11.6 Å². The van der Waals surface area contributed by atoms with Crippen LogP contribution in [0, 0.1) is 0 Å². The summed E-state index contributed by atoms with van der Waals surface area (Å²) in [5.74, 6) is 0. The zero-order valence-electron chi connectivity index (χ0n) is 12.7. The molecule has 2 atom stereocenters. The summed E-state index contributed by atoms with van der Waals surface area (Å²) in [5.41, 5.74) is 2.25. The topological polar surface area (TPSA) is 41.5 Å². The van der Waals surface area contributed by atoms with Crippen molar-refractivity contribution in [3.8, 4) is 0 Å².